The highest BCUT2D eigenvalue weighted by Crippen LogP contribution is 2.38. The third-order valence-electron chi connectivity index (χ3n) is 3.18. The van der Waals surface area contributed by atoms with E-state index in [-0.39, 0.29) is 6.47 Å². The number of halogens is 3. The molecule has 2 rings (SSSR count). The lowest BCUT2D eigenvalue weighted by molar-refractivity contribution is -0.139. The maximum atomic E-state index is 13.0. The molecular formula is C16H13F3N2O3. The Morgan fingerprint density at radius 3 is 2.38 bits per heavy atom. The van der Waals surface area contributed by atoms with Crippen molar-refractivity contribution in [1.82, 2.24) is 0 Å². The fourth-order valence-electron chi connectivity index (χ4n) is 2.04. The van der Waals surface area contributed by atoms with Gasteiger partial charge in [0.1, 0.15) is 0 Å². The van der Waals surface area contributed by atoms with Gasteiger partial charge in [-0.3, -0.25) is 9.59 Å². The molecule has 5 nitrogen and oxygen atoms in total. The van der Waals surface area contributed by atoms with E-state index in [1.54, 1.807) is 24.3 Å². The van der Waals surface area contributed by atoms with Crippen LogP contribution in [0.15, 0.2) is 42.5 Å². The minimum absolute atomic E-state index is 0.155. The molecule has 0 spiro atoms. The Hall–Kier alpha value is -2.87. The van der Waals surface area contributed by atoms with Crippen LogP contribution in [0.5, 0.6) is 5.75 Å². The first-order valence-corrected chi connectivity index (χ1v) is 6.77. The van der Waals surface area contributed by atoms with Crippen molar-refractivity contribution in [2.45, 2.75) is 12.7 Å². The zero-order valence-corrected chi connectivity index (χ0v) is 12.3. The van der Waals surface area contributed by atoms with Gasteiger partial charge in [-0.25, -0.2) is 0 Å². The van der Waals surface area contributed by atoms with Crippen LogP contribution in [0.25, 0.3) is 0 Å². The van der Waals surface area contributed by atoms with Gasteiger partial charge in [-0.1, -0.05) is 18.2 Å². The molecule has 2 aromatic rings. The van der Waals surface area contributed by atoms with Crippen LogP contribution in [0.4, 0.5) is 18.9 Å². The van der Waals surface area contributed by atoms with Crippen molar-refractivity contribution >= 4 is 18.1 Å². The Balaban J connectivity index is 2.35. The maximum Gasteiger partial charge on any atom is 0.420 e. The lowest BCUT2D eigenvalue weighted by atomic mass is 10.1. The second-order valence-electron chi connectivity index (χ2n) is 4.75. The van der Waals surface area contributed by atoms with Crippen LogP contribution in [0.1, 0.15) is 21.5 Å². The molecule has 0 aliphatic heterocycles. The van der Waals surface area contributed by atoms with Gasteiger partial charge in [0.05, 0.1) is 11.1 Å². The summed E-state index contributed by atoms with van der Waals surface area (Å²) in [6, 6.07) is 9.40. The molecule has 0 aliphatic rings. The number of carbonyl (C=O) groups is 2. The maximum absolute atomic E-state index is 13.0. The first kappa shape index (κ1) is 17.5. The minimum Gasteiger partial charge on any atom is -0.427 e. The molecule has 0 atom stereocenters. The van der Waals surface area contributed by atoms with Gasteiger partial charge in [0.15, 0.2) is 5.75 Å². The van der Waals surface area contributed by atoms with Crippen molar-refractivity contribution in [1.29, 1.82) is 0 Å². The van der Waals surface area contributed by atoms with Crippen LogP contribution < -0.4 is 15.8 Å². The average Bonchev–Trinajstić information content (AvgIpc) is 2.55. The molecule has 0 bridgehead atoms. The molecule has 2 aromatic carbocycles. The monoisotopic (exact) mass is 338 g/mol. The summed E-state index contributed by atoms with van der Waals surface area (Å²) in [4.78, 5) is 22.8. The lowest BCUT2D eigenvalue weighted by Crippen LogP contribution is -2.17. The molecule has 3 N–H and O–H groups in total. The number of hydrogen-bond acceptors (Lipinski definition) is 4. The van der Waals surface area contributed by atoms with E-state index in [1.165, 1.54) is 0 Å². The number of anilines is 1. The molecule has 24 heavy (non-hydrogen) atoms. The van der Waals surface area contributed by atoms with E-state index in [1.807, 2.05) is 0 Å². The molecule has 0 aliphatic carbocycles. The first-order chi connectivity index (χ1) is 11.4. The number of alkyl halides is 3. The van der Waals surface area contributed by atoms with E-state index >= 15 is 0 Å². The third kappa shape index (κ3) is 3.90. The van der Waals surface area contributed by atoms with Gasteiger partial charge in [0.25, 0.3) is 12.4 Å². The molecule has 8 heteroatoms. The van der Waals surface area contributed by atoms with E-state index in [2.05, 4.69) is 10.1 Å². The smallest absolute Gasteiger partial charge is 0.420 e. The Morgan fingerprint density at radius 1 is 1.17 bits per heavy atom. The Morgan fingerprint density at radius 2 is 1.83 bits per heavy atom. The molecule has 0 radical (unpaired) electrons. The topological polar surface area (TPSA) is 81.4 Å². The molecular weight excluding hydrogens is 325 g/mol. The van der Waals surface area contributed by atoms with E-state index in [0.717, 1.165) is 23.8 Å². The van der Waals surface area contributed by atoms with Crippen LogP contribution in [-0.2, 0) is 17.5 Å². The zero-order chi connectivity index (χ0) is 17.7. The largest absolute Gasteiger partial charge is 0.427 e. The molecule has 1 amide bonds. The van der Waals surface area contributed by atoms with Gasteiger partial charge in [-0.15, -0.1) is 0 Å². The molecule has 0 fully saturated rings. The minimum atomic E-state index is -4.77. The second-order valence-corrected chi connectivity index (χ2v) is 4.75. The third-order valence-corrected chi connectivity index (χ3v) is 3.18. The highest BCUT2D eigenvalue weighted by atomic mass is 19.4. The number of benzene rings is 2. The van der Waals surface area contributed by atoms with E-state index < -0.39 is 29.0 Å². The van der Waals surface area contributed by atoms with E-state index in [0.29, 0.717) is 12.2 Å². The second kappa shape index (κ2) is 7.14. The van der Waals surface area contributed by atoms with E-state index in [9.17, 15) is 22.8 Å². The highest BCUT2D eigenvalue weighted by molar-refractivity contribution is 6.06. The summed E-state index contributed by atoms with van der Waals surface area (Å²) in [6.07, 6.45) is -4.77. The van der Waals surface area contributed by atoms with Crippen molar-refractivity contribution in [3.63, 3.8) is 0 Å². The predicted octanol–water partition coefficient (Wildman–Crippen LogP) is 2.95. The number of para-hydroxylation sites is 1. The normalized spacial score (nSPS) is 11.0. The number of amides is 1. The van der Waals surface area contributed by atoms with Crippen LogP contribution in [0.3, 0.4) is 0 Å². The summed E-state index contributed by atoms with van der Waals surface area (Å²) in [5.41, 5.74) is 5.05. The highest BCUT2D eigenvalue weighted by Gasteiger charge is 2.36. The van der Waals surface area contributed by atoms with Crippen molar-refractivity contribution in [3.05, 3.63) is 59.2 Å². The van der Waals surface area contributed by atoms with Crippen LogP contribution in [-0.4, -0.2) is 12.4 Å². The number of hydrogen-bond donors (Lipinski definition) is 2. The van der Waals surface area contributed by atoms with Crippen molar-refractivity contribution in [2.24, 2.45) is 5.73 Å². The summed E-state index contributed by atoms with van der Waals surface area (Å²) in [7, 11) is 0. The summed E-state index contributed by atoms with van der Waals surface area (Å²) >= 11 is 0. The van der Waals surface area contributed by atoms with Gasteiger partial charge in [0.2, 0.25) is 0 Å². The lowest BCUT2D eigenvalue weighted by Gasteiger charge is -2.14. The quantitative estimate of drug-likeness (QED) is 0.821. The summed E-state index contributed by atoms with van der Waals surface area (Å²) in [5, 5.41) is 2.44. The van der Waals surface area contributed by atoms with Gasteiger partial charge in [-0.2, -0.15) is 13.2 Å². The molecule has 0 aromatic heterocycles. The number of nitrogens with two attached hydrogens (primary N) is 1. The number of nitrogens with one attached hydrogen (secondary N) is 1. The SMILES string of the molecule is NCc1ccc(NC(=O)c2cccc(C(F)(F)F)c2OC=O)cc1. The van der Waals surface area contributed by atoms with Crippen molar-refractivity contribution < 1.29 is 27.5 Å². The standard InChI is InChI=1S/C16H13F3N2O3/c17-16(18,19)13-3-1-2-12(14(13)24-9-22)15(23)21-11-6-4-10(8-20)5-7-11/h1-7,9H,8,20H2,(H,21,23). The van der Waals surface area contributed by atoms with Crippen LogP contribution >= 0.6 is 0 Å². The van der Waals surface area contributed by atoms with Crippen LogP contribution in [0.2, 0.25) is 0 Å². The van der Waals surface area contributed by atoms with E-state index in [4.69, 9.17) is 5.73 Å². The molecule has 0 saturated heterocycles. The summed E-state index contributed by atoms with van der Waals surface area (Å²) < 4.78 is 43.4. The van der Waals surface area contributed by atoms with Crippen molar-refractivity contribution in [2.75, 3.05) is 5.32 Å². The van der Waals surface area contributed by atoms with Crippen LogP contribution in [0, 0.1) is 0 Å². The molecule has 0 heterocycles. The van der Waals surface area contributed by atoms with Gasteiger partial charge in [-0.05, 0) is 29.8 Å². The first-order valence-electron chi connectivity index (χ1n) is 6.77. The molecule has 0 saturated carbocycles. The van der Waals surface area contributed by atoms with Crippen molar-refractivity contribution in [3.8, 4) is 5.75 Å². The summed E-state index contributed by atoms with van der Waals surface area (Å²) in [5.74, 6) is -1.67. The average molecular weight is 338 g/mol. The molecule has 126 valence electrons. The molecule has 0 unspecified atom stereocenters. The Kier molecular flexibility index (Phi) is 5.20. The number of ether oxygens (including phenoxy) is 1. The predicted molar refractivity (Wildman–Crippen MR) is 80.4 cm³/mol. The van der Waals surface area contributed by atoms with Gasteiger partial charge < -0.3 is 15.8 Å². The fraction of sp³-hybridized carbons (Fsp3) is 0.125. The zero-order valence-electron chi connectivity index (χ0n) is 12.3. The van der Waals surface area contributed by atoms with Gasteiger partial charge >= 0.3 is 6.18 Å². The number of rotatable bonds is 5. The summed E-state index contributed by atoms with van der Waals surface area (Å²) in [6.45, 7) is 0.163. The Bertz CT molecular complexity index is 743. The van der Waals surface area contributed by atoms with Gasteiger partial charge in [0, 0.05) is 12.2 Å². The fourth-order valence-corrected chi connectivity index (χ4v) is 2.04. The Labute approximate surface area is 135 Å². The number of carbonyl (C=O) groups excluding carboxylic acids is 2.